The maximum Gasteiger partial charge on any atom is 0.0787 e. The second-order valence-corrected chi connectivity index (χ2v) is 5.09. The molecule has 0 saturated carbocycles. The van der Waals surface area contributed by atoms with Crippen molar-refractivity contribution in [3.05, 3.63) is 42.2 Å². The second kappa shape index (κ2) is 5.38. The molecule has 4 heteroatoms. The molecule has 2 rings (SSSR count). The van der Waals surface area contributed by atoms with Crippen LogP contribution in [0.2, 0.25) is 0 Å². The third-order valence-electron chi connectivity index (χ3n) is 2.57. The summed E-state index contributed by atoms with van der Waals surface area (Å²) in [7, 11) is 1.91. The number of benzene rings is 1. The second-order valence-electron chi connectivity index (χ2n) is 3.94. The topological polar surface area (TPSA) is 38.1 Å². The SMILES string of the molecule is CCC(O)c1ccc(Sc2cnn(C)c2)cc1. The number of rotatable bonds is 4. The molecule has 1 aromatic heterocycles. The van der Waals surface area contributed by atoms with Gasteiger partial charge in [0, 0.05) is 18.1 Å². The van der Waals surface area contributed by atoms with Crippen molar-refractivity contribution >= 4 is 11.8 Å². The summed E-state index contributed by atoms with van der Waals surface area (Å²) >= 11 is 1.67. The predicted molar refractivity (Wildman–Crippen MR) is 69.0 cm³/mol. The van der Waals surface area contributed by atoms with Crippen molar-refractivity contribution in [3.8, 4) is 0 Å². The van der Waals surface area contributed by atoms with Crippen LogP contribution in [0.4, 0.5) is 0 Å². The number of aryl methyl sites for hydroxylation is 1. The van der Waals surface area contributed by atoms with Crippen LogP contribution in [-0.2, 0) is 7.05 Å². The van der Waals surface area contributed by atoms with E-state index in [1.807, 2.05) is 50.6 Å². The summed E-state index contributed by atoms with van der Waals surface area (Å²) in [6.07, 6.45) is 4.22. The summed E-state index contributed by atoms with van der Waals surface area (Å²) in [5.74, 6) is 0. The number of hydrogen-bond donors (Lipinski definition) is 1. The largest absolute Gasteiger partial charge is 0.388 e. The van der Waals surface area contributed by atoms with Gasteiger partial charge in [-0.15, -0.1) is 0 Å². The van der Waals surface area contributed by atoms with Gasteiger partial charge in [-0.1, -0.05) is 30.8 Å². The van der Waals surface area contributed by atoms with Gasteiger partial charge >= 0.3 is 0 Å². The summed E-state index contributed by atoms with van der Waals surface area (Å²) in [6.45, 7) is 1.98. The van der Waals surface area contributed by atoms with Crippen LogP contribution in [0.25, 0.3) is 0 Å². The van der Waals surface area contributed by atoms with Crippen molar-refractivity contribution in [2.24, 2.45) is 7.05 Å². The van der Waals surface area contributed by atoms with Crippen molar-refractivity contribution in [3.63, 3.8) is 0 Å². The maximum atomic E-state index is 9.69. The molecule has 0 aliphatic carbocycles. The van der Waals surface area contributed by atoms with E-state index in [2.05, 4.69) is 5.10 Å². The van der Waals surface area contributed by atoms with E-state index in [4.69, 9.17) is 0 Å². The fourth-order valence-electron chi connectivity index (χ4n) is 1.58. The molecule has 0 fully saturated rings. The van der Waals surface area contributed by atoms with E-state index in [9.17, 15) is 5.11 Å². The smallest absolute Gasteiger partial charge is 0.0787 e. The predicted octanol–water partition coefficient (Wildman–Crippen LogP) is 3.01. The lowest BCUT2D eigenvalue weighted by Crippen LogP contribution is -1.93. The summed E-state index contributed by atoms with van der Waals surface area (Å²) < 4.78 is 1.79. The number of aliphatic hydroxyl groups excluding tert-OH is 1. The van der Waals surface area contributed by atoms with E-state index < -0.39 is 0 Å². The van der Waals surface area contributed by atoms with Crippen molar-refractivity contribution in [2.75, 3.05) is 0 Å². The van der Waals surface area contributed by atoms with Gasteiger partial charge in [-0.25, -0.2) is 0 Å². The Hall–Kier alpha value is -1.26. The highest BCUT2D eigenvalue weighted by molar-refractivity contribution is 7.99. The first-order valence-electron chi connectivity index (χ1n) is 5.63. The van der Waals surface area contributed by atoms with Crippen molar-refractivity contribution < 1.29 is 5.11 Å². The average molecular weight is 248 g/mol. The molecule has 3 nitrogen and oxygen atoms in total. The minimum absolute atomic E-state index is 0.354. The molecule has 0 radical (unpaired) electrons. The van der Waals surface area contributed by atoms with Crippen LogP contribution in [0.1, 0.15) is 25.0 Å². The Morgan fingerprint density at radius 3 is 2.53 bits per heavy atom. The Bertz CT molecular complexity index is 478. The third-order valence-corrected chi connectivity index (χ3v) is 3.52. The molecule has 0 spiro atoms. The Morgan fingerprint density at radius 1 is 1.29 bits per heavy atom. The molecule has 1 atom stereocenters. The first-order chi connectivity index (χ1) is 8.19. The zero-order valence-electron chi connectivity index (χ0n) is 10.00. The monoisotopic (exact) mass is 248 g/mol. The maximum absolute atomic E-state index is 9.69. The fourth-order valence-corrected chi connectivity index (χ4v) is 2.43. The van der Waals surface area contributed by atoms with Crippen molar-refractivity contribution in [2.45, 2.75) is 29.2 Å². The Morgan fingerprint density at radius 2 is 2.00 bits per heavy atom. The van der Waals surface area contributed by atoms with Gasteiger partial charge in [0.25, 0.3) is 0 Å². The standard InChI is InChI=1S/C13H16N2OS/c1-3-13(16)10-4-6-11(7-5-10)17-12-8-14-15(2)9-12/h4-9,13,16H,3H2,1-2H3. The van der Waals surface area contributed by atoms with Crippen LogP contribution in [0.15, 0.2) is 46.5 Å². The van der Waals surface area contributed by atoms with E-state index in [0.29, 0.717) is 0 Å². The molecular weight excluding hydrogens is 232 g/mol. The highest BCUT2D eigenvalue weighted by atomic mass is 32.2. The van der Waals surface area contributed by atoms with E-state index in [1.54, 1.807) is 16.4 Å². The van der Waals surface area contributed by atoms with Crippen LogP contribution in [0.5, 0.6) is 0 Å². The van der Waals surface area contributed by atoms with Gasteiger partial charge in [-0.2, -0.15) is 5.10 Å². The average Bonchev–Trinajstić information content (AvgIpc) is 2.75. The van der Waals surface area contributed by atoms with Crippen LogP contribution in [-0.4, -0.2) is 14.9 Å². The molecule has 17 heavy (non-hydrogen) atoms. The highest BCUT2D eigenvalue weighted by Crippen LogP contribution is 2.28. The van der Waals surface area contributed by atoms with Crippen LogP contribution in [0.3, 0.4) is 0 Å². The van der Waals surface area contributed by atoms with Gasteiger partial charge in [0.1, 0.15) is 0 Å². The van der Waals surface area contributed by atoms with E-state index in [0.717, 1.165) is 21.8 Å². The van der Waals surface area contributed by atoms with E-state index >= 15 is 0 Å². The summed E-state index contributed by atoms with van der Waals surface area (Å²) in [5, 5.41) is 13.8. The normalized spacial score (nSPS) is 12.6. The minimum Gasteiger partial charge on any atom is -0.388 e. The molecule has 0 aliphatic rings. The Kier molecular flexibility index (Phi) is 3.86. The number of nitrogens with zero attached hydrogens (tertiary/aromatic N) is 2. The lowest BCUT2D eigenvalue weighted by Gasteiger charge is -2.08. The highest BCUT2D eigenvalue weighted by Gasteiger charge is 2.05. The van der Waals surface area contributed by atoms with Crippen molar-refractivity contribution in [1.82, 2.24) is 9.78 Å². The molecule has 0 bridgehead atoms. The molecule has 0 amide bonds. The van der Waals surface area contributed by atoms with Crippen molar-refractivity contribution in [1.29, 1.82) is 0 Å². The fraction of sp³-hybridized carbons (Fsp3) is 0.308. The molecule has 0 aliphatic heterocycles. The van der Waals surface area contributed by atoms with Crippen LogP contribution >= 0.6 is 11.8 Å². The molecule has 2 aromatic rings. The van der Waals surface area contributed by atoms with Gasteiger partial charge in [-0.05, 0) is 24.1 Å². The molecule has 1 aromatic carbocycles. The summed E-state index contributed by atoms with van der Waals surface area (Å²) in [6, 6.07) is 8.03. The zero-order valence-corrected chi connectivity index (χ0v) is 10.8. The molecule has 1 N–H and O–H groups in total. The first-order valence-corrected chi connectivity index (χ1v) is 6.45. The van der Waals surface area contributed by atoms with E-state index in [-0.39, 0.29) is 6.10 Å². The quantitative estimate of drug-likeness (QED) is 0.904. The lowest BCUT2D eigenvalue weighted by molar-refractivity contribution is 0.173. The van der Waals surface area contributed by atoms with Crippen LogP contribution in [0, 0.1) is 0 Å². The molecule has 0 saturated heterocycles. The minimum atomic E-state index is -0.354. The first kappa shape index (κ1) is 12.2. The number of aromatic nitrogens is 2. The van der Waals surface area contributed by atoms with Crippen LogP contribution < -0.4 is 0 Å². The number of hydrogen-bond acceptors (Lipinski definition) is 3. The van der Waals surface area contributed by atoms with Gasteiger partial charge in [-0.3, -0.25) is 4.68 Å². The third kappa shape index (κ3) is 3.11. The van der Waals surface area contributed by atoms with Gasteiger partial charge in [0.15, 0.2) is 0 Å². The molecule has 1 unspecified atom stereocenters. The van der Waals surface area contributed by atoms with E-state index in [1.165, 1.54) is 0 Å². The number of aliphatic hydroxyl groups is 1. The van der Waals surface area contributed by atoms with Gasteiger partial charge < -0.3 is 5.11 Å². The van der Waals surface area contributed by atoms with Gasteiger partial charge in [0.05, 0.1) is 17.2 Å². The lowest BCUT2D eigenvalue weighted by atomic mass is 10.1. The molecule has 1 heterocycles. The zero-order chi connectivity index (χ0) is 12.3. The Labute approximate surface area is 105 Å². The Balaban J connectivity index is 2.08. The summed E-state index contributed by atoms with van der Waals surface area (Å²) in [4.78, 5) is 2.28. The molecule has 90 valence electrons. The summed E-state index contributed by atoms with van der Waals surface area (Å²) in [5.41, 5.74) is 0.975. The van der Waals surface area contributed by atoms with Gasteiger partial charge in [0.2, 0.25) is 0 Å². The molecular formula is C13H16N2OS.